The first-order chi connectivity index (χ1) is 7.99. The first-order valence-electron chi connectivity index (χ1n) is 5.19. The Morgan fingerprint density at radius 1 is 1.29 bits per heavy atom. The Balaban J connectivity index is 2.65. The SMILES string of the molecule is Cc1cnc(-c2nc(C)c(I)c(=O)[nH]2)c(C)c1. The monoisotopic (exact) mass is 341 g/mol. The molecular formula is C12H12IN3O. The van der Waals surface area contributed by atoms with Crippen LogP contribution in [-0.4, -0.2) is 15.0 Å². The van der Waals surface area contributed by atoms with E-state index in [1.807, 2.05) is 49.4 Å². The maximum Gasteiger partial charge on any atom is 0.264 e. The van der Waals surface area contributed by atoms with Gasteiger partial charge in [0.1, 0.15) is 5.69 Å². The third-order valence-corrected chi connectivity index (χ3v) is 3.74. The van der Waals surface area contributed by atoms with Crippen LogP contribution in [0, 0.1) is 24.3 Å². The third-order valence-electron chi connectivity index (χ3n) is 2.47. The predicted octanol–water partition coefficient (Wildman–Crippen LogP) is 2.36. The van der Waals surface area contributed by atoms with Crippen molar-refractivity contribution in [3.05, 3.63) is 43.0 Å². The van der Waals surface area contributed by atoms with Crippen molar-refractivity contribution in [2.24, 2.45) is 0 Å². The number of pyridine rings is 1. The van der Waals surface area contributed by atoms with E-state index in [9.17, 15) is 4.79 Å². The van der Waals surface area contributed by atoms with Crippen LogP contribution in [0.2, 0.25) is 0 Å². The van der Waals surface area contributed by atoms with Gasteiger partial charge >= 0.3 is 0 Å². The molecule has 0 aromatic carbocycles. The summed E-state index contributed by atoms with van der Waals surface area (Å²) in [5.74, 6) is 0.533. The molecule has 88 valence electrons. The Bertz CT molecular complexity index is 634. The summed E-state index contributed by atoms with van der Waals surface area (Å²) in [6.45, 7) is 5.77. The van der Waals surface area contributed by atoms with Crippen LogP contribution in [0.4, 0.5) is 0 Å². The van der Waals surface area contributed by atoms with Crippen LogP contribution in [0.25, 0.3) is 11.5 Å². The Labute approximate surface area is 113 Å². The minimum Gasteiger partial charge on any atom is -0.304 e. The lowest BCUT2D eigenvalue weighted by Gasteiger charge is -2.06. The van der Waals surface area contributed by atoms with Gasteiger partial charge < -0.3 is 4.98 Å². The summed E-state index contributed by atoms with van der Waals surface area (Å²) in [7, 11) is 0. The summed E-state index contributed by atoms with van der Waals surface area (Å²) in [6, 6.07) is 2.02. The van der Waals surface area contributed by atoms with Gasteiger partial charge in [0.15, 0.2) is 5.82 Å². The molecule has 0 aliphatic carbocycles. The number of hydrogen-bond acceptors (Lipinski definition) is 3. The average Bonchev–Trinajstić information content (AvgIpc) is 2.25. The van der Waals surface area contributed by atoms with Crippen molar-refractivity contribution >= 4 is 22.6 Å². The Hall–Kier alpha value is -1.24. The van der Waals surface area contributed by atoms with Crippen LogP contribution in [-0.2, 0) is 0 Å². The lowest BCUT2D eigenvalue weighted by molar-refractivity contribution is 1.03. The molecule has 4 nitrogen and oxygen atoms in total. The molecule has 0 saturated heterocycles. The molecule has 17 heavy (non-hydrogen) atoms. The number of aromatic nitrogens is 3. The van der Waals surface area contributed by atoms with Crippen molar-refractivity contribution in [3.8, 4) is 11.5 Å². The molecule has 0 unspecified atom stereocenters. The molecule has 0 bridgehead atoms. The molecule has 0 aliphatic heterocycles. The summed E-state index contributed by atoms with van der Waals surface area (Å²) >= 11 is 1.99. The van der Waals surface area contributed by atoms with Gasteiger partial charge in [-0.3, -0.25) is 9.78 Å². The molecule has 0 saturated carbocycles. The molecule has 0 aliphatic rings. The summed E-state index contributed by atoms with van der Waals surface area (Å²) < 4.78 is 0.621. The zero-order valence-electron chi connectivity index (χ0n) is 9.84. The topological polar surface area (TPSA) is 58.6 Å². The molecule has 2 heterocycles. The molecule has 0 radical (unpaired) electrons. The highest BCUT2D eigenvalue weighted by Crippen LogP contribution is 2.17. The average molecular weight is 341 g/mol. The Kier molecular flexibility index (Phi) is 3.28. The molecule has 2 aromatic heterocycles. The number of H-pyrrole nitrogens is 1. The second-order valence-electron chi connectivity index (χ2n) is 3.99. The maximum absolute atomic E-state index is 11.7. The fraction of sp³-hybridized carbons (Fsp3) is 0.250. The van der Waals surface area contributed by atoms with Crippen molar-refractivity contribution in [1.29, 1.82) is 0 Å². The molecule has 0 amide bonds. The standard InChI is InChI=1S/C12H12IN3O/c1-6-4-7(2)10(14-5-6)11-15-8(3)9(13)12(17)16-11/h4-5H,1-3H3,(H,15,16,17). The van der Waals surface area contributed by atoms with Gasteiger partial charge in [-0.15, -0.1) is 0 Å². The highest BCUT2D eigenvalue weighted by molar-refractivity contribution is 14.1. The van der Waals surface area contributed by atoms with E-state index in [-0.39, 0.29) is 5.56 Å². The first-order valence-corrected chi connectivity index (χ1v) is 6.27. The quantitative estimate of drug-likeness (QED) is 0.810. The largest absolute Gasteiger partial charge is 0.304 e. The summed E-state index contributed by atoms with van der Waals surface area (Å²) in [4.78, 5) is 23.1. The summed E-state index contributed by atoms with van der Waals surface area (Å²) in [6.07, 6.45) is 1.77. The fourth-order valence-electron chi connectivity index (χ4n) is 1.65. The molecule has 2 rings (SSSR count). The number of nitrogens with zero attached hydrogens (tertiary/aromatic N) is 2. The van der Waals surface area contributed by atoms with E-state index in [2.05, 4.69) is 15.0 Å². The first kappa shape index (κ1) is 12.2. The number of hydrogen-bond donors (Lipinski definition) is 1. The van der Waals surface area contributed by atoms with Crippen LogP contribution in [0.3, 0.4) is 0 Å². The van der Waals surface area contributed by atoms with Crippen LogP contribution in [0.1, 0.15) is 16.8 Å². The second-order valence-corrected chi connectivity index (χ2v) is 5.07. The summed E-state index contributed by atoms with van der Waals surface area (Å²) in [5, 5.41) is 0. The summed E-state index contributed by atoms with van der Waals surface area (Å²) in [5.41, 5.74) is 3.44. The number of aromatic amines is 1. The Morgan fingerprint density at radius 2 is 2.00 bits per heavy atom. The molecular weight excluding hydrogens is 329 g/mol. The van der Waals surface area contributed by atoms with Gasteiger partial charge in [-0.2, -0.15) is 0 Å². The maximum atomic E-state index is 11.7. The van der Waals surface area contributed by atoms with E-state index in [1.54, 1.807) is 6.20 Å². The van der Waals surface area contributed by atoms with Crippen LogP contribution < -0.4 is 5.56 Å². The minimum absolute atomic E-state index is 0.116. The van der Waals surface area contributed by atoms with E-state index in [1.165, 1.54) is 0 Å². The van der Waals surface area contributed by atoms with Gasteiger partial charge in [-0.1, -0.05) is 6.07 Å². The van der Waals surface area contributed by atoms with E-state index in [0.29, 0.717) is 9.39 Å². The highest BCUT2D eigenvalue weighted by atomic mass is 127. The second kappa shape index (κ2) is 4.56. The van der Waals surface area contributed by atoms with Gasteiger partial charge in [0.05, 0.1) is 9.26 Å². The smallest absolute Gasteiger partial charge is 0.264 e. The van der Waals surface area contributed by atoms with Crippen molar-refractivity contribution in [2.45, 2.75) is 20.8 Å². The molecule has 0 atom stereocenters. The van der Waals surface area contributed by atoms with Crippen LogP contribution >= 0.6 is 22.6 Å². The van der Waals surface area contributed by atoms with Crippen molar-refractivity contribution < 1.29 is 0 Å². The van der Waals surface area contributed by atoms with Crippen LogP contribution in [0.5, 0.6) is 0 Å². The lowest BCUT2D eigenvalue weighted by Crippen LogP contribution is -2.15. The van der Waals surface area contributed by atoms with E-state index in [0.717, 1.165) is 22.5 Å². The van der Waals surface area contributed by atoms with E-state index >= 15 is 0 Å². The molecule has 0 spiro atoms. The van der Waals surface area contributed by atoms with Gasteiger partial charge in [-0.25, -0.2) is 4.98 Å². The van der Waals surface area contributed by atoms with Crippen LogP contribution in [0.15, 0.2) is 17.1 Å². The van der Waals surface area contributed by atoms with E-state index < -0.39 is 0 Å². The predicted molar refractivity (Wildman–Crippen MR) is 75.0 cm³/mol. The van der Waals surface area contributed by atoms with Crippen molar-refractivity contribution in [2.75, 3.05) is 0 Å². The molecule has 2 aromatic rings. The highest BCUT2D eigenvalue weighted by Gasteiger charge is 2.10. The normalized spacial score (nSPS) is 10.6. The van der Waals surface area contributed by atoms with Gasteiger partial charge in [0, 0.05) is 6.20 Å². The van der Waals surface area contributed by atoms with E-state index in [4.69, 9.17) is 0 Å². The third kappa shape index (κ3) is 2.38. The zero-order valence-corrected chi connectivity index (χ0v) is 12.0. The number of nitrogens with one attached hydrogen (secondary N) is 1. The van der Waals surface area contributed by atoms with Gasteiger partial charge in [-0.05, 0) is 54.5 Å². The zero-order chi connectivity index (χ0) is 12.6. The number of rotatable bonds is 1. The van der Waals surface area contributed by atoms with Crippen molar-refractivity contribution in [3.63, 3.8) is 0 Å². The number of aryl methyl sites for hydroxylation is 3. The molecule has 0 fully saturated rings. The van der Waals surface area contributed by atoms with Gasteiger partial charge in [0.25, 0.3) is 5.56 Å². The van der Waals surface area contributed by atoms with Gasteiger partial charge in [0.2, 0.25) is 0 Å². The molecule has 5 heteroatoms. The molecule has 1 N–H and O–H groups in total. The lowest BCUT2D eigenvalue weighted by atomic mass is 10.1. The minimum atomic E-state index is -0.116. The van der Waals surface area contributed by atoms with Crippen molar-refractivity contribution in [1.82, 2.24) is 15.0 Å². The number of halogens is 1. The fourth-order valence-corrected chi connectivity index (χ4v) is 1.90. The Morgan fingerprint density at radius 3 is 2.59 bits per heavy atom.